The lowest BCUT2D eigenvalue weighted by Crippen LogP contribution is -2.37. The number of nitrogens with two attached hydrogens (primary N) is 1. The lowest BCUT2D eigenvalue weighted by Gasteiger charge is -2.26. The van der Waals surface area contributed by atoms with Crippen LogP contribution < -0.4 is 16.4 Å². The highest BCUT2D eigenvalue weighted by atomic mass is 35.5. The molecule has 1 aliphatic rings. The summed E-state index contributed by atoms with van der Waals surface area (Å²) in [6, 6.07) is 1.65. The molecule has 0 aliphatic carbocycles. The lowest BCUT2D eigenvalue weighted by atomic mass is 10.3. The number of nitrogens with zero attached hydrogens (tertiary/aromatic N) is 3. The van der Waals surface area contributed by atoms with E-state index in [1.807, 2.05) is 0 Å². The van der Waals surface area contributed by atoms with Crippen LogP contribution in [0.3, 0.4) is 0 Å². The summed E-state index contributed by atoms with van der Waals surface area (Å²) in [4.78, 5) is 10.8. The first-order valence-corrected chi connectivity index (χ1v) is 8.79. The van der Waals surface area contributed by atoms with E-state index in [-0.39, 0.29) is 0 Å². The molecular formula is C15H24Cl2N6O. The molecule has 1 aromatic rings. The number of pyridine rings is 1. The standard InChI is InChI=1S/C15H24Cl2N6O/c16-12-10-13(17)14(22-11-12)19-3-4-21-15(18)20-2-1-5-23-6-8-24-9-7-23/h10-11H,1-9H2,(H,19,22)(H3,18,20,21). The van der Waals surface area contributed by atoms with Gasteiger partial charge in [0.1, 0.15) is 5.82 Å². The molecule has 24 heavy (non-hydrogen) atoms. The van der Waals surface area contributed by atoms with Gasteiger partial charge in [0.15, 0.2) is 5.96 Å². The molecule has 2 heterocycles. The number of halogens is 2. The molecule has 1 aromatic heterocycles. The van der Waals surface area contributed by atoms with Crippen LogP contribution in [0.4, 0.5) is 5.82 Å². The lowest BCUT2D eigenvalue weighted by molar-refractivity contribution is 0.0377. The Morgan fingerprint density at radius 1 is 1.33 bits per heavy atom. The van der Waals surface area contributed by atoms with Crippen LogP contribution in [-0.4, -0.2) is 68.3 Å². The molecule has 9 heteroatoms. The molecule has 0 saturated carbocycles. The highest BCUT2D eigenvalue weighted by molar-refractivity contribution is 6.35. The Hall–Kier alpha value is -1.28. The average Bonchev–Trinajstić information content (AvgIpc) is 2.58. The summed E-state index contributed by atoms with van der Waals surface area (Å²) in [5, 5.41) is 7.17. The van der Waals surface area contributed by atoms with Crippen molar-refractivity contribution in [1.29, 1.82) is 0 Å². The summed E-state index contributed by atoms with van der Waals surface area (Å²) in [5.41, 5.74) is 5.84. The van der Waals surface area contributed by atoms with E-state index in [0.717, 1.165) is 39.3 Å². The Morgan fingerprint density at radius 2 is 2.12 bits per heavy atom. The number of anilines is 1. The largest absolute Gasteiger partial charge is 0.379 e. The van der Waals surface area contributed by atoms with Crippen molar-refractivity contribution < 1.29 is 4.74 Å². The number of nitrogens with one attached hydrogen (secondary N) is 2. The fourth-order valence-electron chi connectivity index (χ4n) is 2.29. The van der Waals surface area contributed by atoms with Crippen molar-refractivity contribution >= 4 is 35.0 Å². The third-order valence-electron chi connectivity index (χ3n) is 3.55. The number of guanidine groups is 1. The second-order valence-corrected chi connectivity index (χ2v) is 6.26. The first kappa shape index (κ1) is 19.1. The maximum atomic E-state index is 6.03. The van der Waals surface area contributed by atoms with Crippen molar-refractivity contribution in [2.24, 2.45) is 10.7 Å². The van der Waals surface area contributed by atoms with Crippen LogP contribution >= 0.6 is 23.2 Å². The number of hydrogen-bond donors (Lipinski definition) is 3. The molecule has 1 saturated heterocycles. The van der Waals surface area contributed by atoms with Crippen molar-refractivity contribution in [3.8, 4) is 0 Å². The number of hydrogen-bond acceptors (Lipinski definition) is 5. The van der Waals surface area contributed by atoms with E-state index in [1.165, 1.54) is 0 Å². The van der Waals surface area contributed by atoms with E-state index in [1.54, 1.807) is 12.3 Å². The second kappa shape index (κ2) is 10.6. The molecule has 4 N–H and O–H groups in total. The molecule has 134 valence electrons. The van der Waals surface area contributed by atoms with Gasteiger partial charge in [-0.15, -0.1) is 0 Å². The summed E-state index contributed by atoms with van der Waals surface area (Å²) < 4.78 is 5.32. The van der Waals surface area contributed by atoms with Gasteiger partial charge in [-0.1, -0.05) is 23.2 Å². The maximum Gasteiger partial charge on any atom is 0.188 e. The molecule has 0 atom stereocenters. The van der Waals surface area contributed by atoms with E-state index < -0.39 is 0 Å². The molecule has 0 bridgehead atoms. The SMILES string of the molecule is NC(=NCCCN1CCOCC1)NCCNc1ncc(Cl)cc1Cl. The van der Waals surface area contributed by atoms with Crippen LogP contribution in [0.1, 0.15) is 6.42 Å². The van der Waals surface area contributed by atoms with Gasteiger partial charge in [0, 0.05) is 45.5 Å². The number of aliphatic imine (C=N–C) groups is 1. The summed E-state index contributed by atoms with van der Waals surface area (Å²) in [6.45, 7) is 6.65. The summed E-state index contributed by atoms with van der Waals surface area (Å²) >= 11 is 11.8. The third-order valence-corrected chi connectivity index (χ3v) is 4.04. The van der Waals surface area contributed by atoms with Gasteiger partial charge in [-0.2, -0.15) is 0 Å². The Labute approximate surface area is 152 Å². The monoisotopic (exact) mass is 374 g/mol. The van der Waals surface area contributed by atoms with Gasteiger partial charge in [0.25, 0.3) is 0 Å². The third kappa shape index (κ3) is 7.09. The quantitative estimate of drug-likeness (QED) is 0.362. The molecule has 1 fully saturated rings. The first-order chi connectivity index (χ1) is 11.6. The minimum atomic E-state index is 0.453. The van der Waals surface area contributed by atoms with Gasteiger partial charge >= 0.3 is 0 Å². The van der Waals surface area contributed by atoms with Gasteiger partial charge in [0.2, 0.25) is 0 Å². The Kier molecular flexibility index (Phi) is 8.38. The van der Waals surface area contributed by atoms with Gasteiger partial charge in [0.05, 0.1) is 23.3 Å². The Bertz CT molecular complexity index is 537. The maximum absolute atomic E-state index is 6.03. The summed E-state index contributed by atoms with van der Waals surface area (Å²) in [6.07, 6.45) is 2.54. The van der Waals surface area contributed by atoms with Crippen LogP contribution in [0.25, 0.3) is 0 Å². The predicted molar refractivity (Wildman–Crippen MR) is 99.1 cm³/mol. The molecule has 0 amide bonds. The van der Waals surface area contributed by atoms with Crippen LogP contribution in [0.5, 0.6) is 0 Å². The van der Waals surface area contributed by atoms with E-state index in [0.29, 0.717) is 41.5 Å². The van der Waals surface area contributed by atoms with Crippen molar-refractivity contribution in [2.75, 3.05) is 57.8 Å². The Morgan fingerprint density at radius 3 is 2.88 bits per heavy atom. The topological polar surface area (TPSA) is 87.8 Å². The van der Waals surface area contributed by atoms with Crippen LogP contribution in [0.2, 0.25) is 10.0 Å². The van der Waals surface area contributed by atoms with E-state index in [9.17, 15) is 0 Å². The number of aromatic nitrogens is 1. The van der Waals surface area contributed by atoms with Gasteiger partial charge in [-0.3, -0.25) is 9.89 Å². The molecule has 0 radical (unpaired) electrons. The Balaban J connectivity index is 1.56. The molecule has 0 aromatic carbocycles. The van der Waals surface area contributed by atoms with Crippen molar-refractivity contribution in [3.05, 3.63) is 22.3 Å². The highest BCUT2D eigenvalue weighted by Crippen LogP contribution is 2.21. The van der Waals surface area contributed by atoms with Crippen molar-refractivity contribution in [3.63, 3.8) is 0 Å². The van der Waals surface area contributed by atoms with E-state index in [4.69, 9.17) is 33.7 Å². The summed E-state index contributed by atoms with van der Waals surface area (Å²) in [5.74, 6) is 1.05. The van der Waals surface area contributed by atoms with Gasteiger partial charge in [-0.25, -0.2) is 4.98 Å². The van der Waals surface area contributed by atoms with Gasteiger partial charge in [-0.05, 0) is 12.5 Å². The molecule has 0 unspecified atom stereocenters. The molecule has 2 rings (SSSR count). The normalized spacial score (nSPS) is 16.2. The van der Waals surface area contributed by atoms with Crippen molar-refractivity contribution in [1.82, 2.24) is 15.2 Å². The fourth-order valence-corrected chi connectivity index (χ4v) is 2.74. The minimum Gasteiger partial charge on any atom is -0.379 e. The minimum absolute atomic E-state index is 0.453. The van der Waals surface area contributed by atoms with E-state index >= 15 is 0 Å². The summed E-state index contributed by atoms with van der Waals surface area (Å²) in [7, 11) is 0. The zero-order valence-electron chi connectivity index (χ0n) is 13.6. The zero-order valence-corrected chi connectivity index (χ0v) is 15.1. The van der Waals surface area contributed by atoms with E-state index in [2.05, 4.69) is 25.5 Å². The molecular weight excluding hydrogens is 351 g/mol. The fraction of sp³-hybridized carbons (Fsp3) is 0.600. The number of ether oxygens (including phenoxy) is 1. The van der Waals surface area contributed by atoms with Crippen LogP contribution in [0, 0.1) is 0 Å². The average molecular weight is 375 g/mol. The van der Waals surface area contributed by atoms with Crippen LogP contribution in [-0.2, 0) is 4.74 Å². The highest BCUT2D eigenvalue weighted by Gasteiger charge is 2.08. The predicted octanol–water partition coefficient (Wildman–Crippen LogP) is 1.43. The smallest absolute Gasteiger partial charge is 0.188 e. The van der Waals surface area contributed by atoms with Crippen molar-refractivity contribution in [2.45, 2.75) is 6.42 Å². The molecule has 0 spiro atoms. The van der Waals surface area contributed by atoms with Gasteiger partial charge < -0.3 is 21.1 Å². The molecule has 7 nitrogen and oxygen atoms in total. The first-order valence-electron chi connectivity index (χ1n) is 8.04. The second-order valence-electron chi connectivity index (χ2n) is 5.41. The van der Waals surface area contributed by atoms with Crippen LogP contribution in [0.15, 0.2) is 17.3 Å². The number of rotatable bonds is 8. The number of morpholine rings is 1. The molecule has 1 aliphatic heterocycles. The zero-order chi connectivity index (χ0) is 17.2.